The van der Waals surface area contributed by atoms with E-state index in [1.54, 1.807) is 0 Å². The fourth-order valence-electron chi connectivity index (χ4n) is 2.33. The molecule has 3 heteroatoms. The maximum atomic E-state index is 4.12. The highest BCUT2D eigenvalue weighted by Gasteiger charge is 2.13. The van der Waals surface area contributed by atoms with Crippen molar-refractivity contribution in [3.8, 4) is 0 Å². The van der Waals surface area contributed by atoms with Crippen LogP contribution >= 0.6 is 0 Å². The lowest BCUT2D eigenvalue weighted by atomic mass is 9.98. The van der Waals surface area contributed by atoms with E-state index < -0.39 is 0 Å². The molecule has 0 amide bonds. The van der Waals surface area contributed by atoms with Gasteiger partial charge in [0.15, 0.2) is 0 Å². The number of aryl methyl sites for hydroxylation is 2. The molecule has 1 heterocycles. The van der Waals surface area contributed by atoms with Crippen LogP contribution in [0.4, 0.5) is 0 Å². The molecule has 0 saturated carbocycles. The molecule has 0 aliphatic rings. The van der Waals surface area contributed by atoms with Gasteiger partial charge in [0, 0.05) is 18.9 Å². The van der Waals surface area contributed by atoms with Gasteiger partial charge in [-0.1, -0.05) is 30.7 Å². The summed E-state index contributed by atoms with van der Waals surface area (Å²) in [5.41, 5.74) is 4.05. The number of nitrogens with zero attached hydrogens (tertiary/aromatic N) is 2. The third kappa shape index (κ3) is 3.67. The zero-order valence-corrected chi connectivity index (χ0v) is 12.1. The third-order valence-corrected chi connectivity index (χ3v) is 3.40. The number of hydrogen-bond acceptors (Lipinski definition) is 2. The summed E-state index contributed by atoms with van der Waals surface area (Å²) in [5, 5.41) is 3.64. The van der Waals surface area contributed by atoms with Gasteiger partial charge in [-0.25, -0.2) is 4.98 Å². The highest BCUT2D eigenvalue weighted by atomic mass is 15.1. The van der Waals surface area contributed by atoms with Gasteiger partial charge < -0.3 is 9.88 Å². The molecule has 0 radical (unpaired) electrons. The summed E-state index contributed by atoms with van der Waals surface area (Å²) < 4.78 is 2.13. The standard InChI is InChI=1S/C16H23N3/c1-4-7-18-16(11-19-9-8-17-12-19)15-10-13(2)5-6-14(15)3/h5-6,8-10,12,16,18H,4,7,11H2,1-3H3. The van der Waals surface area contributed by atoms with Crippen LogP contribution in [-0.2, 0) is 6.54 Å². The Labute approximate surface area is 115 Å². The molecule has 1 N–H and O–H groups in total. The van der Waals surface area contributed by atoms with Gasteiger partial charge in [-0.2, -0.15) is 0 Å². The molecule has 1 aromatic carbocycles. The second-order valence-electron chi connectivity index (χ2n) is 5.13. The van der Waals surface area contributed by atoms with Crippen molar-refractivity contribution < 1.29 is 0 Å². The van der Waals surface area contributed by atoms with Crippen molar-refractivity contribution >= 4 is 0 Å². The smallest absolute Gasteiger partial charge is 0.0946 e. The molecule has 0 aliphatic carbocycles. The fraction of sp³-hybridized carbons (Fsp3) is 0.438. The van der Waals surface area contributed by atoms with Gasteiger partial charge in [0.2, 0.25) is 0 Å². The maximum Gasteiger partial charge on any atom is 0.0946 e. The van der Waals surface area contributed by atoms with E-state index in [9.17, 15) is 0 Å². The summed E-state index contributed by atoms with van der Waals surface area (Å²) in [6.45, 7) is 8.49. The lowest BCUT2D eigenvalue weighted by molar-refractivity contribution is 0.461. The third-order valence-electron chi connectivity index (χ3n) is 3.40. The van der Waals surface area contributed by atoms with Gasteiger partial charge in [0.05, 0.1) is 12.4 Å². The van der Waals surface area contributed by atoms with Crippen molar-refractivity contribution in [1.82, 2.24) is 14.9 Å². The van der Waals surface area contributed by atoms with Crippen LogP contribution in [0.3, 0.4) is 0 Å². The van der Waals surface area contributed by atoms with Gasteiger partial charge >= 0.3 is 0 Å². The molecule has 3 nitrogen and oxygen atoms in total. The quantitative estimate of drug-likeness (QED) is 0.861. The van der Waals surface area contributed by atoms with Gasteiger partial charge in [0.25, 0.3) is 0 Å². The van der Waals surface area contributed by atoms with Crippen LogP contribution in [0.1, 0.15) is 36.1 Å². The Hall–Kier alpha value is -1.61. The molecule has 0 saturated heterocycles. The minimum atomic E-state index is 0.342. The molecule has 1 atom stereocenters. The van der Waals surface area contributed by atoms with Crippen LogP contribution in [-0.4, -0.2) is 16.1 Å². The summed E-state index contributed by atoms with van der Waals surface area (Å²) in [6.07, 6.45) is 6.88. The topological polar surface area (TPSA) is 29.9 Å². The Bertz CT molecular complexity index is 503. The second kappa shape index (κ2) is 6.53. The first-order chi connectivity index (χ1) is 9.20. The lowest BCUT2D eigenvalue weighted by Gasteiger charge is -2.22. The van der Waals surface area contributed by atoms with E-state index in [1.807, 2.05) is 18.7 Å². The molecule has 1 unspecified atom stereocenters. The molecular formula is C16H23N3. The summed E-state index contributed by atoms with van der Waals surface area (Å²) in [6, 6.07) is 7.01. The number of imidazole rings is 1. The minimum Gasteiger partial charge on any atom is -0.336 e. The Morgan fingerprint density at radius 1 is 1.32 bits per heavy atom. The van der Waals surface area contributed by atoms with Crippen LogP contribution in [0, 0.1) is 13.8 Å². The van der Waals surface area contributed by atoms with E-state index in [1.165, 1.54) is 16.7 Å². The minimum absolute atomic E-state index is 0.342. The zero-order chi connectivity index (χ0) is 13.7. The first kappa shape index (κ1) is 13.8. The van der Waals surface area contributed by atoms with Crippen molar-refractivity contribution in [2.45, 2.75) is 39.8 Å². The highest BCUT2D eigenvalue weighted by Crippen LogP contribution is 2.21. The van der Waals surface area contributed by atoms with E-state index in [-0.39, 0.29) is 0 Å². The van der Waals surface area contributed by atoms with Crippen molar-refractivity contribution in [3.05, 3.63) is 53.6 Å². The summed E-state index contributed by atoms with van der Waals surface area (Å²) in [7, 11) is 0. The Kier molecular flexibility index (Phi) is 4.74. The Balaban J connectivity index is 2.23. The van der Waals surface area contributed by atoms with Gasteiger partial charge in [-0.15, -0.1) is 0 Å². The lowest BCUT2D eigenvalue weighted by Crippen LogP contribution is -2.26. The fourth-order valence-corrected chi connectivity index (χ4v) is 2.33. The highest BCUT2D eigenvalue weighted by molar-refractivity contribution is 5.33. The van der Waals surface area contributed by atoms with E-state index in [2.05, 4.69) is 53.8 Å². The van der Waals surface area contributed by atoms with Crippen LogP contribution in [0.15, 0.2) is 36.9 Å². The molecule has 1 aromatic heterocycles. The molecule has 2 aromatic rings. The normalized spacial score (nSPS) is 12.6. The Morgan fingerprint density at radius 3 is 2.84 bits per heavy atom. The number of rotatable bonds is 6. The molecule has 2 rings (SSSR count). The van der Waals surface area contributed by atoms with Gasteiger partial charge in [0.1, 0.15) is 0 Å². The molecule has 0 fully saturated rings. The van der Waals surface area contributed by atoms with E-state index in [4.69, 9.17) is 0 Å². The van der Waals surface area contributed by atoms with E-state index in [0.717, 1.165) is 19.5 Å². The molecular weight excluding hydrogens is 234 g/mol. The second-order valence-corrected chi connectivity index (χ2v) is 5.13. The van der Waals surface area contributed by atoms with Crippen LogP contribution in [0.2, 0.25) is 0 Å². The number of hydrogen-bond donors (Lipinski definition) is 1. The largest absolute Gasteiger partial charge is 0.336 e. The predicted molar refractivity (Wildman–Crippen MR) is 79.2 cm³/mol. The first-order valence-corrected chi connectivity index (χ1v) is 6.97. The molecule has 0 spiro atoms. The molecule has 0 aliphatic heterocycles. The van der Waals surface area contributed by atoms with Crippen molar-refractivity contribution in [2.24, 2.45) is 0 Å². The monoisotopic (exact) mass is 257 g/mol. The number of benzene rings is 1. The average molecular weight is 257 g/mol. The van der Waals surface area contributed by atoms with Crippen LogP contribution in [0.5, 0.6) is 0 Å². The summed E-state index contributed by atoms with van der Waals surface area (Å²) in [5.74, 6) is 0. The SMILES string of the molecule is CCCNC(Cn1ccnc1)c1cc(C)ccc1C. The Morgan fingerprint density at radius 2 is 2.16 bits per heavy atom. The van der Waals surface area contributed by atoms with Crippen LogP contribution < -0.4 is 5.32 Å². The van der Waals surface area contributed by atoms with Crippen molar-refractivity contribution in [2.75, 3.05) is 6.54 Å². The summed E-state index contributed by atoms with van der Waals surface area (Å²) >= 11 is 0. The number of aromatic nitrogens is 2. The summed E-state index contributed by atoms with van der Waals surface area (Å²) in [4.78, 5) is 4.12. The molecule has 19 heavy (non-hydrogen) atoms. The van der Waals surface area contributed by atoms with Gasteiger partial charge in [-0.05, 0) is 37.9 Å². The maximum absolute atomic E-state index is 4.12. The van der Waals surface area contributed by atoms with E-state index in [0.29, 0.717) is 6.04 Å². The average Bonchev–Trinajstić information content (AvgIpc) is 2.90. The van der Waals surface area contributed by atoms with Crippen molar-refractivity contribution in [1.29, 1.82) is 0 Å². The molecule has 0 bridgehead atoms. The van der Waals surface area contributed by atoms with Crippen LogP contribution in [0.25, 0.3) is 0 Å². The van der Waals surface area contributed by atoms with Gasteiger partial charge in [-0.3, -0.25) is 0 Å². The molecule has 102 valence electrons. The van der Waals surface area contributed by atoms with E-state index >= 15 is 0 Å². The predicted octanol–water partition coefficient (Wildman–Crippen LogP) is 3.24. The first-order valence-electron chi connectivity index (χ1n) is 6.97. The number of nitrogens with one attached hydrogen (secondary N) is 1. The van der Waals surface area contributed by atoms with Crippen molar-refractivity contribution in [3.63, 3.8) is 0 Å². The zero-order valence-electron chi connectivity index (χ0n) is 12.1.